The third-order valence-corrected chi connectivity index (χ3v) is 3.79. The first-order valence-electron chi connectivity index (χ1n) is 8.04. The van der Waals surface area contributed by atoms with Gasteiger partial charge in [-0.05, 0) is 31.2 Å². The van der Waals surface area contributed by atoms with E-state index < -0.39 is 18.2 Å². The summed E-state index contributed by atoms with van der Waals surface area (Å²) in [6.45, 7) is -0.563. The normalized spacial score (nSPS) is 11.0. The number of ether oxygens (including phenoxy) is 1. The van der Waals surface area contributed by atoms with Crippen molar-refractivity contribution >= 4 is 5.69 Å². The van der Waals surface area contributed by atoms with Crippen LogP contribution >= 0.6 is 0 Å². The fourth-order valence-electron chi connectivity index (χ4n) is 2.51. The lowest BCUT2D eigenvalue weighted by molar-refractivity contribution is -0.0494. The molecule has 0 unspecified atom stereocenters. The molecule has 1 heterocycles. The van der Waals surface area contributed by atoms with Gasteiger partial charge >= 0.3 is 6.61 Å². The van der Waals surface area contributed by atoms with Crippen molar-refractivity contribution in [3.05, 3.63) is 60.0 Å². The quantitative estimate of drug-likeness (QED) is 0.558. The van der Waals surface area contributed by atoms with E-state index in [2.05, 4.69) is 14.9 Å². The molecule has 3 aromatic rings. The molecule has 2 aromatic carbocycles. The molecule has 0 saturated carbocycles. The average Bonchev–Trinajstić information content (AvgIpc) is 3.10. The minimum atomic E-state index is -2.98. The largest absolute Gasteiger partial charge is 0.434 e. The molecule has 0 saturated heterocycles. The van der Waals surface area contributed by atoms with Gasteiger partial charge in [0.25, 0.3) is 0 Å². The van der Waals surface area contributed by atoms with Crippen LogP contribution in [-0.2, 0) is 6.54 Å². The van der Waals surface area contributed by atoms with Crippen molar-refractivity contribution in [2.75, 3.05) is 11.4 Å². The van der Waals surface area contributed by atoms with Crippen molar-refractivity contribution in [2.24, 2.45) is 0 Å². The second-order valence-corrected chi connectivity index (χ2v) is 5.50. The Morgan fingerprint density at radius 1 is 1.11 bits per heavy atom. The van der Waals surface area contributed by atoms with Crippen LogP contribution in [0.3, 0.4) is 0 Å². The Morgan fingerprint density at radius 3 is 2.59 bits per heavy atom. The molecule has 1 aromatic heterocycles. The first-order chi connectivity index (χ1) is 13.0. The summed E-state index contributed by atoms with van der Waals surface area (Å²) in [5.74, 6) is -1.71. The van der Waals surface area contributed by atoms with Crippen LogP contribution in [0.1, 0.15) is 12.8 Å². The van der Waals surface area contributed by atoms with Gasteiger partial charge in [0, 0.05) is 18.3 Å². The molecular weight excluding hydrogens is 366 g/mol. The predicted molar refractivity (Wildman–Crippen MR) is 89.4 cm³/mol. The molecule has 0 aliphatic rings. The van der Waals surface area contributed by atoms with Crippen molar-refractivity contribution in [1.82, 2.24) is 10.1 Å². The molecular formula is C18H15F4N3O2. The van der Waals surface area contributed by atoms with Gasteiger partial charge in [-0.1, -0.05) is 17.3 Å². The van der Waals surface area contributed by atoms with E-state index >= 15 is 0 Å². The van der Waals surface area contributed by atoms with Gasteiger partial charge in [-0.2, -0.15) is 13.8 Å². The lowest BCUT2D eigenvalue weighted by atomic mass is 10.2. The molecule has 0 bridgehead atoms. The van der Waals surface area contributed by atoms with Crippen LogP contribution in [0.4, 0.5) is 23.2 Å². The Morgan fingerprint density at radius 2 is 1.89 bits per heavy atom. The second-order valence-electron chi connectivity index (χ2n) is 5.50. The van der Waals surface area contributed by atoms with Gasteiger partial charge in [0.1, 0.15) is 5.75 Å². The van der Waals surface area contributed by atoms with Crippen LogP contribution in [0.15, 0.2) is 47.0 Å². The monoisotopic (exact) mass is 381 g/mol. The number of halogens is 4. The highest BCUT2D eigenvalue weighted by molar-refractivity contribution is 5.63. The SMILES string of the molecule is CCN(Cc1nc(-c2ccccc2OC(F)F)no1)c1ccc(F)c(F)c1. The highest BCUT2D eigenvalue weighted by Crippen LogP contribution is 2.29. The van der Waals surface area contributed by atoms with Crippen molar-refractivity contribution in [3.8, 4) is 17.1 Å². The topological polar surface area (TPSA) is 51.4 Å². The van der Waals surface area contributed by atoms with Crippen LogP contribution < -0.4 is 9.64 Å². The number of nitrogens with zero attached hydrogens (tertiary/aromatic N) is 3. The maximum absolute atomic E-state index is 13.5. The first-order valence-corrected chi connectivity index (χ1v) is 8.04. The Kier molecular flexibility index (Phi) is 5.58. The minimum Gasteiger partial charge on any atom is -0.434 e. The van der Waals surface area contributed by atoms with Gasteiger partial charge in [-0.3, -0.25) is 0 Å². The molecule has 0 amide bonds. The smallest absolute Gasteiger partial charge is 0.387 e. The van der Waals surface area contributed by atoms with Crippen LogP contribution in [-0.4, -0.2) is 23.3 Å². The Balaban J connectivity index is 1.82. The molecule has 3 rings (SSSR count). The minimum absolute atomic E-state index is 0.0761. The number of benzene rings is 2. The van der Waals surface area contributed by atoms with E-state index in [4.69, 9.17) is 4.52 Å². The van der Waals surface area contributed by atoms with Crippen LogP contribution in [0.5, 0.6) is 5.75 Å². The Bertz CT molecular complexity index is 917. The van der Waals surface area contributed by atoms with Crippen molar-refractivity contribution in [3.63, 3.8) is 0 Å². The first kappa shape index (κ1) is 18.7. The van der Waals surface area contributed by atoms with E-state index in [1.165, 1.54) is 18.2 Å². The second kappa shape index (κ2) is 8.07. The van der Waals surface area contributed by atoms with Crippen LogP contribution in [0.25, 0.3) is 11.4 Å². The van der Waals surface area contributed by atoms with Crippen LogP contribution in [0, 0.1) is 11.6 Å². The zero-order valence-electron chi connectivity index (χ0n) is 14.2. The zero-order chi connectivity index (χ0) is 19.4. The summed E-state index contributed by atoms with van der Waals surface area (Å²) in [4.78, 5) is 5.89. The third kappa shape index (κ3) is 4.36. The number of rotatable bonds is 7. The summed E-state index contributed by atoms with van der Waals surface area (Å²) in [7, 11) is 0. The molecule has 142 valence electrons. The molecule has 0 atom stereocenters. The van der Waals surface area contributed by atoms with Crippen molar-refractivity contribution in [1.29, 1.82) is 0 Å². The molecule has 9 heteroatoms. The zero-order valence-corrected chi connectivity index (χ0v) is 14.2. The van der Waals surface area contributed by atoms with Crippen LogP contribution in [0.2, 0.25) is 0 Å². The van der Waals surface area contributed by atoms with E-state index in [1.54, 1.807) is 17.0 Å². The number of para-hydroxylation sites is 1. The lowest BCUT2D eigenvalue weighted by Crippen LogP contribution is -2.22. The maximum Gasteiger partial charge on any atom is 0.387 e. The molecule has 0 fully saturated rings. The summed E-state index contributed by atoms with van der Waals surface area (Å²) in [6, 6.07) is 9.61. The highest BCUT2D eigenvalue weighted by Gasteiger charge is 2.18. The van der Waals surface area contributed by atoms with Gasteiger partial charge in [0.05, 0.1) is 12.1 Å². The number of anilines is 1. The molecule has 27 heavy (non-hydrogen) atoms. The summed E-state index contributed by atoms with van der Waals surface area (Å²) < 4.78 is 61.3. The summed E-state index contributed by atoms with van der Waals surface area (Å²) >= 11 is 0. The number of hydrogen-bond donors (Lipinski definition) is 0. The number of alkyl halides is 2. The third-order valence-electron chi connectivity index (χ3n) is 3.79. The molecule has 0 aliphatic heterocycles. The Hall–Kier alpha value is -3.10. The predicted octanol–water partition coefficient (Wildman–Crippen LogP) is 4.64. The summed E-state index contributed by atoms with van der Waals surface area (Å²) in [5, 5.41) is 3.80. The fourth-order valence-corrected chi connectivity index (χ4v) is 2.51. The molecule has 0 aliphatic carbocycles. The molecule has 5 nitrogen and oxygen atoms in total. The van der Waals surface area contributed by atoms with E-state index in [0.29, 0.717) is 12.2 Å². The van der Waals surface area contributed by atoms with Crippen molar-refractivity contribution in [2.45, 2.75) is 20.1 Å². The van der Waals surface area contributed by atoms with Gasteiger partial charge in [-0.15, -0.1) is 0 Å². The molecule has 0 N–H and O–H groups in total. The van der Waals surface area contributed by atoms with Gasteiger partial charge in [0.2, 0.25) is 11.7 Å². The van der Waals surface area contributed by atoms with Gasteiger partial charge in [0.15, 0.2) is 11.6 Å². The highest BCUT2D eigenvalue weighted by atomic mass is 19.3. The van der Waals surface area contributed by atoms with Crippen molar-refractivity contribution < 1.29 is 26.8 Å². The fraction of sp³-hybridized carbons (Fsp3) is 0.222. The molecule has 0 radical (unpaired) electrons. The standard InChI is InChI=1S/C18H15F4N3O2/c1-2-25(11-7-8-13(19)14(20)9-11)10-16-23-17(24-27-16)12-5-3-4-6-15(12)26-18(21)22/h3-9,18H,2,10H2,1H3. The van der Waals surface area contributed by atoms with E-state index in [9.17, 15) is 17.6 Å². The number of aromatic nitrogens is 2. The van der Waals surface area contributed by atoms with E-state index in [-0.39, 0.29) is 29.6 Å². The van der Waals surface area contributed by atoms with E-state index in [0.717, 1.165) is 12.1 Å². The lowest BCUT2D eigenvalue weighted by Gasteiger charge is -2.21. The Labute approximate surface area is 152 Å². The van der Waals surface area contributed by atoms with Gasteiger partial charge in [-0.25, -0.2) is 8.78 Å². The summed E-state index contributed by atoms with van der Waals surface area (Å²) in [6.07, 6.45) is 0. The molecule has 0 spiro atoms. The van der Waals surface area contributed by atoms with Gasteiger partial charge < -0.3 is 14.2 Å². The summed E-state index contributed by atoms with van der Waals surface area (Å²) in [5.41, 5.74) is 0.696. The maximum atomic E-state index is 13.5. The number of hydrogen-bond acceptors (Lipinski definition) is 5. The van der Waals surface area contributed by atoms with E-state index in [1.807, 2.05) is 6.92 Å². The average molecular weight is 381 g/mol.